The van der Waals surface area contributed by atoms with Gasteiger partial charge in [-0.05, 0) is 29.3 Å². The van der Waals surface area contributed by atoms with Crippen molar-refractivity contribution < 1.29 is 31.1 Å². The average molecular weight is 411 g/mol. The number of alkyl halides is 3. The van der Waals surface area contributed by atoms with E-state index in [-0.39, 0.29) is 23.2 Å². The monoisotopic (exact) mass is 411 g/mol. The van der Waals surface area contributed by atoms with Crippen LogP contribution in [0.1, 0.15) is 27.0 Å². The summed E-state index contributed by atoms with van der Waals surface area (Å²) in [4.78, 5) is 18.7. The van der Waals surface area contributed by atoms with Crippen LogP contribution in [0.15, 0.2) is 49.1 Å². The molecule has 2 aromatic heterocycles. The molecule has 2 heterocycles. The Labute approximate surface area is 160 Å². The summed E-state index contributed by atoms with van der Waals surface area (Å²) in [5.41, 5.74) is -2.25. The maximum atomic E-state index is 14.4. The van der Waals surface area contributed by atoms with E-state index in [9.17, 15) is 31.1 Å². The molecule has 0 saturated carbocycles. The van der Waals surface area contributed by atoms with Crippen molar-refractivity contribution in [3.05, 3.63) is 88.8 Å². The lowest BCUT2D eigenvalue weighted by molar-refractivity contribution is -0.138. The minimum Gasteiger partial charge on any atom is -0.322 e. The number of nitrogens with one attached hydrogen (secondary N) is 1. The number of anilines is 1. The summed E-state index contributed by atoms with van der Waals surface area (Å²) < 4.78 is 80.7. The van der Waals surface area contributed by atoms with E-state index >= 15 is 0 Å². The van der Waals surface area contributed by atoms with Gasteiger partial charge < -0.3 is 5.32 Å². The fourth-order valence-electron chi connectivity index (χ4n) is 2.63. The number of amides is 1. The van der Waals surface area contributed by atoms with E-state index in [2.05, 4.69) is 15.3 Å². The lowest BCUT2D eigenvalue weighted by Crippen LogP contribution is -2.16. The summed E-state index contributed by atoms with van der Waals surface area (Å²) in [5.74, 6) is -4.46. The van der Waals surface area contributed by atoms with Gasteiger partial charge in [0, 0.05) is 24.5 Å². The smallest absolute Gasteiger partial charge is 0.322 e. The molecular weight excluding hydrogens is 400 g/mol. The highest BCUT2D eigenvalue weighted by molar-refractivity contribution is 6.04. The molecule has 0 fully saturated rings. The summed E-state index contributed by atoms with van der Waals surface area (Å²) in [6.07, 6.45) is -1.91. The first kappa shape index (κ1) is 20.3. The van der Waals surface area contributed by atoms with Gasteiger partial charge in [-0.3, -0.25) is 14.8 Å². The lowest BCUT2D eigenvalue weighted by atomic mass is 10.0. The van der Waals surface area contributed by atoms with Crippen molar-refractivity contribution in [3.63, 3.8) is 0 Å². The van der Waals surface area contributed by atoms with Gasteiger partial charge >= 0.3 is 6.18 Å². The number of hydrogen-bond donors (Lipinski definition) is 1. The number of rotatable bonds is 4. The average Bonchev–Trinajstić information content (AvgIpc) is 2.63. The Hall–Kier alpha value is -3.43. The number of halogens is 6. The Kier molecular flexibility index (Phi) is 5.53. The second-order valence-electron chi connectivity index (χ2n) is 5.95. The number of aromatic nitrogens is 2. The van der Waals surface area contributed by atoms with Crippen LogP contribution in [0.5, 0.6) is 0 Å². The predicted molar refractivity (Wildman–Crippen MR) is 90.6 cm³/mol. The molecule has 29 heavy (non-hydrogen) atoms. The van der Waals surface area contributed by atoms with Crippen molar-refractivity contribution in [2.45, 2.75) is 12.6 Å². The van der Waals surface area contributed by atoms with Crippen LogP contribution in [0.2, 0.25) is 0 Å². The molecule has 0 aliphatic carbocycles. The molecule has 0 aliphatic rings. The molecule has 0 aliphatic heterocycles. The third-order valence-corrected chi connectivity index (χ3v) is 3.99. The minimum absolute atomic E-state index is 0.0685. The number of carbonyl (C=O) groups is 1. The third kappa shape index (κ3) is 4.53. The summed E-state index contributed by atoms with van der Waals surface area (Å²) in [5, 5.41) is 2.13. The first-order chi connectivity index (χ1) is 13.7. The molecule has 3 aromatic rings. The third-order valence-electron chi connectivity index (χ3n) is 3.99. The second-order valence-corrected chi connectivity index (χ2v) is 5.95. The molecule has 4 nitrogen and oxygen atoms in total. The van der Waals surface area contributed by atoms with Gasteiger partial charge in [-0.25, -0.2) is 13.2 Å². The fourth-order valence-corrected chi connectivity index (χ4v) is 2.63. The Bertz CT molecular complexity index is 1050. The molecule has 0 saturated heterocycles. The van der Waals surface area contributed by atoms with E-state index in [0.717, 1.165) is 18.3 Å². The number of benzene rings is 1. The first-order valence-corrected chi connectivity index (χ1v) is 8.05. The van der Waals surface area contributed by atoms with Crippen molar-refractivity contribution in [2.24, 2.45) is 0 Å². The number of nitrogens with zero attached hydrogens (tertiary/aromatic N) is 2. The van der Waals surface area contributed by atoms with Crippen LogP contribution in [-0.4, -0.2) is 15.9 Å². The van der Waals surface area contributed by atoms with E-state index in [4.69, 9.17) is 0 Å². The van der Waals surface area contributed by atoms with Crippen molar-refractivity contribution in [3.8, 4) is 0 Å². The summed E-state index contributed by atoms with van der Waals surface area (Å²) >= 11 is 0. The quantitative estimate of drug-likeness (QED) is 0.630. The van der Waals surface area contributed by atoms with Crippen LogP contribution in [0.4, 0.5) is 32.0 Å². The van der Waals surface area contributed by atoms with Crippen LogP contribution in [-0.2, 0) is 12.6 Å². The SMILES string of the molecule is O=C(Nc1ccc(Cc2ccncc2C(F)(F)F)c(F)c1)c1c(F)cncc1F. The minimum atomic E-state index is -4.65. The van der Waals surface area contributed by atoms with Gasteiger partial charge in [-0.2, -0.15) is 13.2 Å². The van der Waals surface area contributed by atoms with Gasteiger partial charge in [-0.1, -0.05) is 6.07 Å². The van der Waals surface area contributed by atoms with Crippen LogP contribution in [0.25, 0.3) is 0 Å². The Morgan fingerprint density at radius 3 is 2.21 bits per heavy atom. The van der Waals surface area contributed by atoms with Gasteiger partial charge in [0.25, 0.3) is 5.91 Å². The zero-order chi connectivity index (χ0) is 21.2. The van der Waals surface area contributed by atoms with Gasteiger partial charge in [0.05, 0.1) is 18.0 Å². The molecule has 0 atom stereocenters. The van der Waals surface area contributed by atoms with Gasteiger partial charge in [0.15, 0.2) is 11.6 Å². The molecule has 1 amide bonds. The van der Waals surface area contributed by atoms with Gasteiger partial charge in [0.2, 0.25) is 0 Å². The summed E-state index contributed by atoms with van der Waals surface area (Å²) in [6, 6.07) is 4.36. The second kappa shape index (κ2) is 7.90. The Morgan fingerprint density at radius 1 is 0.897 bits per heavy atom. The predicted octanol–water partition coefficient (Wildman–Crippen LogP) is 4.76. The Morgan fingerprint density at radius 2 is 1.59 bits per heavy atom. The molecular formula is C19H11F6N3O. The summed E-state index contributed by atoms with van der Waals surface area (Å²) in [6.45, 7) is 0. The van der Waals surface area contributed by atoms with E-state index in [0.29, 0.717) is 18.6 Å². The van der Waals surface area contributed by atoms with Crippen LogP contribution < -0.4 is 5.32 Å². The number of carbonyl (C=O) groups excluding carboxylic acids is 1. The molecule has 1 N–H and O–H groups in total. The van der Waals surface area contributed by atoms with Crippen molar-refractivity contribution >= 4 is 11.6 Å². The van der Waals surface area contributed by atoms with Gasteiger partial charge in [-0.15, -0.1) is 0 Å². The number of hydrogen-bond acceptors (Lipinski definition) is 3. The van der Waals surface area contributed by atoms with E-state index in [1.807, 2.05) is 0 Å². The molecule has 10 heteroatoms. The van der Waals surface area contributed by atoms with Crippen LogP contribution in [0.3, 0.4) is 0 Å². The van der Waals surface area contributed by atoms with Gasteiger partial charge in [0.1, 0.15) is 11.4 Å². The summed E-state index contributed by atoms with van der Waals surface area (Å²) in [7, 11) is 0. The lowest BCUT2D eigenvalue weighted by Gasteiger charge is -2.13. The largest absolute Gasteiger partial charge is 0.418 e. The fraction of sp³-hybridized carbons (Fsp3) is 0.105. The maximum Gasteiger partial charge on any atom is 0.418 e. The van der Waals surface area contributed by atoms with Crippen LogP contribution in [0, 0.1) is 17.5 Å². The van der Waals surface area contributed by atoms with E-state index in [1.54, 1.807) is 0 Å². The Balaban J connectivity index is 1.82. The van der Waals surface area contributed by atoms with E-state index < -0.39 is 40.7 Å². The maximum absolute atomic E-state index is 14.4. The molecule has 0 spiro atoms. The zero-order valence-electron chi connectivity index (χ0n) is 14.4. The highest BCUT2D eigenvalue weighted by atomic mass is 19.4. The van der Waals surface area contributed by atoms with Crippen molar-refractivity contribution in [2.75, 3.05) is 5.32 Å². The van der Waals surface area contributed by atoms with Crippen molar-refractivity contribution in [1.29, 1.82) is 0 Å². The molecule has 3 rings (SSSR count). The molecule has 150 valence electrons. The molecule has 1 aromatic carbocycles. The zero-order valence-corrected chi connectivity index (χ0v) is 14.4. The highest BCUT2D eigenvalue weighted by Crippen LogP contribution is 2.32. The molecule has 0 radical (unpaired) electrons. The van der Waals surface area contributed by atoms with E-state index in [1.165, 1.54) is 12.1 Å². The first-order valence-electron chi connectivity index (χ1n) is 8.05. The van der Waals surface area contributed by atoms with Crippen molar-refractivity contribution in [1.82, 2.24) is 9.97 Å². The topological polar surface area (TPSA) is 54.9 Å². The standard InChI is InChI=1S/C19H11F6N3O/c20-14-6-12(28-18(29)17-15(21)8-27-9-16(17)22)2-1-11(14)5-10-3-4-26-7-13(10)19(23,24)25/h1-4,6-9H,5H2,(H,28,29). The number of pyridine rings is 2. The highest BCUT2D eigenvalue weighted by Gasteiger charge is 2.33. The van der Waals surface area contributed by atoms with Crippen LogP contribution >= 0.6 is 0 Å². The normalized spacial score (nSPS) is 11.4. The molecule has 0 unspecified atom stereocenters. The molecule has 0 bridgehead atoms.